The highest BCUT2D eigenvalue weighted by molar-refractivity contribution is 5.79. The average molecular weight is 591 g/mol. The summed E-state index contributed by atoms with van der Waals surface area (Å²) in [5.74, 6) is 0.484. The first-order valence-corrected chi connectivity index (χ1v) is 14.7. The Morgan fingerprint density at radius 1 is 1.09 bits per heavy atom. The number of benzene rings is 2. The molecule has 12 heteroatoms. The Balaban J connectivity index is 1.27. The predicted molar refractivity (Wildman–Crippen MR) is 164 cm³/mol. The lowest BCUT2D eigenvalue weighted by atomic mass is 10.0. The lowest BCUT2D eigenvalue weighted by Crippen LogP contribution is -2.46. The van der Waals surface area contributed by atoms with E-state index in [0.717, 1.165) is 61.3 Å². The Bertz CT molecular complexity index is 1580. The Kier molecular flexibility index (Phi) is 9.68. The number of aromatic nitrogens is 4. The molecular formula is C31H39FN8O3. The zero-order valence-corrected chi connectivity index (χ0v) is 24.4. The molecule has 228 valence electrons. The van der Waals surface area contributed by atoms with Gasteiger partial charge in [0, 0.05) is 38.4 Å². The maximum atomic E-state index is 13.5. The molecular weight excluding hydrogens is 551 g/mol. The van der Waals surface area contributed by atoms with E-state index in [1.54, 1.807) is 12.1 Å². The number of piperidine rings is 1. The number of nitrogens with zero attached hydrogens (tertiary/aromatic N) is 6. The Hall–Kier alpha value is -4.29. The number of halogens is 1. The summed E-state index contributed by atoms with van der Waals surface area (Å²) >= 11 is 0. The molecule has 43 heavy (non-hydrogen) atoms. The summed E-state index contributed by atoms with van der Waals surface area (Å²) in [5, 5.41) is 0. The largest absolute Gasteiger partial charge is 0.443 e. The molecule has 11 nitrogen and oxygen atoms in total. The molecule has 2 aromatic heterocycles. The minimum Gasteiger partial charge on any atom is -0.443 e. The normalized spacial score (nSPS) is 14.7. The first-order chi connectivity index (χ1) is 20.9. The van der Waals surface area contributed by atoms with Crippen LogP contribution in [0, 0.1) is 5.82 Å². The van der Waals surface area contributed by atoms with E-state index in [1.807, 2.05) is 30.1 Å². The van der Waals surface area contributed by atoms with Crippen molar-refractivity contribution in [1.82, 2.24) is 19.1 Å². The number of unbranched alkanes of at least 4 members (excludes halogenated alkanes) is 1. The molecule has 1 atom stereocenters. The van der Waals surface area contributed by atoms with Crippen LogP contribution in [0.1, 0.15) is 37.7 Å². The number of hydrogen-bond acceptors (Lipinski definition) is 9. The highest BCUT2D eigenvalue weighted by atomic mass is 19.1. The summed E-state index contributed by atoms with van der Waals surface area (Å²) in [7, 11) is 1.91. The number of hydrogen-bond donors (Lipinski definition) is 2. The van der Waals surface area contributed by atoms with Crippen LogP contribution in [0.3, 0.4) is 0 Å². The summed E-state index contributed by atoms with van der Waals surface area (Å²) in [6.07, 6.45) is 5.05. The molecule has 1 aliphatic heterocycles. The standard InChI is InChI=1S/C31H39FN8O3/c1-37(30-35-17-13-28(41)40(30)21-43-29(42)25(34)6-4-5-16-33)24-14-18-38(19-15-24)31-36-26-7-2-3-8-27(26)39(31)20-22-9-11-23(32)12-10-22/h2-3,7-13,17,24-25H,4-6,14-16,18-21,33-34H2,1H3. The molecule has 0 amide bonds. The van der Waals surface area contributed by atoms with Gasteiger partial charge in [-0.25, -0.2) is 18.9 Å². The zero-order chi connectivity index (χ0) is 30.3. The van der Waals surface area contributed by atoms with E-state index in [2.05, 4.69) is 20.5 Å². The van der Waals surface area contributed by atoms with Crippen LogP contribution >= 0.6 is 0 Å². The van der Waals surface area contributed by atoms with E-state index in [4.69, 9.17) is 21.2 Å². The number of esters is 1. The van der Waals surface area contributed by atoms with Crippen LogP contribution in [0.2, 0.25) is 0 Å². The van der Waals surface area contributed by atoms with Crippen LogP contribution in [0.25, 0.3) is 11.0 Å². The summed E-state index contributed by atoms with van der Waals surface area (Å²) in [4.78, 5) is 38.9. The number of rotatable bonds is 12. The van der Waals surface area contributed by atoms with Crippen LogP contribution in [0.5, 0.6) is 0 Å². The van der Waals surface area contributed by atoms with Gasteiger partial charge in [-0.3, -0.25) is 9.59 Å². The minimum absolute atomic E-state index is 0.0981. The van der Waals surface area contributed by atoms with E-state index in [-0.39, 0.29) is 24.1 Å². The summed E-state index contributed by atoms with van der Waals surface area (Å²) < 4.78 is 22.5. The molecule has 1 fully saturated rings. The molecule has 0 saturated carbocycles. The first-order valence-electron chi connectivity index (χ1n) is 14.7. The van der Waals surface area contributed by atoms with Crippen molar-refractivity contribution in [1.29, 1.82) is 0 Å². The molecule has 1 saturated heterocycles. The molecule has 4 aromatic rings. The molecule has 1 aliphatic rings. The maximum Gasteiger partial charge on any atom is 0.324 e. The molecule has 0 aliphatic carbocycles. The fraction of sp³-hybridized carbons (Fsp3) is 0.419. The van der Waals surface area contributed by atoms with Crippen LogP contribution in [0.15, 0.2) is 65.6 Å². The lowest BCUT2D eigenvalue weighted by Gasteiger charge is -2.38. The average Bonchev–Trinajstić information content (AvgIpc) is 3.39. The molecule has 5 rings (SSSR count). The van der Waals surface area contributed by atoms with E-state index >= 15 is 0 Å². The number of ether oxygens (including phenoxy) is 1. The third kappa shape index (κ3) is 7.03. The SMILES string of the molecule is CN(c1nccc(=O)n1COC(=O)C(N)CCCCN)C1CCN(c2nc3ccccc3n2Cc2ccc(F)cc2)CC1. The van der Waals surface area contributed by atoms with Crippen LogP contribution < -0.4 is 26.8 Å². The zero-order valence-electron chi connectivity index (χ0n) is 24.4. The summed E-state index contributed by atoms with van der Waals surface area (Å²) in [6, 6.07) is 15.3. The second-order valence-corrected chi connectivity index (χ2v) is 10.9. The van der Waals surface area contributed by atoms with Crippen molar-refractivity contribution in [2.75, 3.05) is 36.5 Å². The number of carbonyl (C=O) groups is 1. The van der Waals surface area contributed by atoms with Crippen molar-refractivity contribution in [2.45, 2.75) is 57.5 Å². The number of fused-ring (bicyclic) bond motifs is 1. The molecule has 4 N–H and O–H groups in total. The highest BCUT2D eigenvalue weighted by Gasteiger charge is 2.28. The number of carbonyl (C=O) groups excluding carboxylic acids is 1. The lowest BCUT2D eigenvalue weighted by molar-refractivity contribution is -0.149. The molecule has 0 bridgehead atoms. The molecule has 0 radical (unpaired) electrons. The van der Waals surface area contributed by atoms with Crippen molar-refractivity contribution in [3.8, 4) is 0 Å². The van der Waals surface area contributed by atoms with E-state index in [0.29, 0.717) is 25.5 Å². The van der Waals surface area contributed by atoms with Crippen molar-refractivity contribution in [3.63, 3.8) is 0 Å². The number of imidazole rings is 1. The van der Waals surface area contributed by atoms with Gasteiger partial charge in [-0.1, -0.05) is 30.7 Å². The van der Waals surface area contributed by atoms with Gasteiger partial charge >= 0.3 is 5.97 Å². The van der Waals surface area contributed by atoms with Gasteiger partial charge in [-0.2, -0.15) is 0 Å². The van der Waals surface area contributed by atoms with E-state index in [9.17, 15) is 14.0 Å². The van der Waals surface area contributed by atoms with Gasteiger partial charge < -0.3 is 30.6 Å². The Morgan fingerprint density at radius 3 is 2.58 bits per heavy atom. The van der Waals surface area contributed by atoms with Crippen molar-refractivity contribution in [2.24, 2.45) is 11.5 Å². The van der Waals surface area contributed by atoms with Crippen LogP contribution in [0.4, 0.5) is 16.3 Å². The van der Waals surface area contributed by atoms with E-state index < -0.39 is 12.0 Å². The monoisotopic (exact) mass is 590 g/mol. The van der Waals surface area contributed by atoms with Gasteiger partial charge in [0.1, 0.15) is 11.9 Å². The van der Waals surface area contributed by atoms with Gasteiger partial charge in [-0.05, 0) is 62.1 Å². The van der Waals surface area contributed by atoms with Crippen molar-refractivity contribution < 1.29 is 13.9 Å². The second-order valence-electron chi connectivity index (χ2n) is 10.9. The fourth-order valence-electron chi connectivity index (χ4n) is 5.54. The first kappa shape index (κ1) is 30.2. The molecule has 1 unspecified atom stereocenters. The van der Waals surface area contributed by atoms with Crippen LogP contribution in [-0.2, 0) is 22.8 Å². The number of nitrogens with two attached hydrogens (primary N) is 2. The van der Waals surface area contributed by atoms with Crippen molar-refractivity contribution >= 4 is 28.9 Å². The quantitative estimate of drug-likeness (QED) is 0.188. The van der Waals surface area contributed by atoms with Crippen molar-refractivity contribution in [3.05, 3.63) is 82.5 Å². The van der Waals surface area contributed by atoms with Crippen LogP contribution in [-0.4, -0.2) is 63.8 Å². The molecule has 3 heterocycles. The summed E-state index contributed by atoms with van der Waals surface area (Å²) in [5.41, 5.74) is 14.1. The fourth-order valence-corrected chi connectivity index (χ4v) is 5.54. The molecule has 0 spiro atoms. The third-order valence-corrected chi connectivity index (χ3v) is 8.02. The second kappa shape index (κ2) is 13.8. The predicted octanol–water partition coefficient (Wildman–Crippen LogP) is 2.84. The smallest absolute Gasteiger partial charge is 0.324 e. The Labute approximate surface area is 249 Å². The topological polar surface area (TPSA) is 138 Å². The third-order valence-electron chi connectivity index (χ3n) is 8.02. The maximum absolute atomic E-state index is 13.5. The Morgan fingerprint density at radius 2 is 1.84 bits per heavy atom. The van der Waals surface area contributed by atoms with Gasteiger partial charge in [-0.15, -0.1) is 0 Å². The highest BCUT2D eigenvalue weighted by Crippen LogP contribution is 2.28. The minimum atomic E-state index is -0.767. The number of anilines is 2. The van der Waals surface area contributed by atoms with Gasteiger partial charge in [0.05, 0.1) is 17.6 Å². The summed E-state index contributed by atoms with van der Waals surface area (Å²) in [6.45, 7) is 2.34. The van der Waals surface area contributed by atoms with Gasteiger partial charge in [0.25, 0.3) is 5.56 Å². The van der Waals surface area contributed by atoms with Gasteiger partial charge in [0.15, 0.2) is 6.73 Å². The number of para-hydroxylation sites is 2. The van der Waals surface area contributed by atoms with Gasteiger partial charge in [0.2, 0.25) is 11.9 Å². The van der Waals surface area contributed by atoms with E-state index in [1.165, 1.54) is 29.0 Å². The molecule has 2 aromatic carbocycles.